The van der Waals surface area contributed by atoms with Gasteiger partial charge in [-0.3, -0.25) is 19.6 Å². The van der Waals surface area contributed by atoms with Crippen LogP contribution in [0, 0.1) is 11.8 Å². The summed E-state index contributed by atoms with van der Waals surface area (Å²) in [6.45, 7) is 0.156. The van der Waals surface area contributed by atoms with Gasteiger partial charge in [0.2, 0.25) is 5.91 Å². The number of hydrogen-bond donors (Lipinski definition) is 6. The fourth-order valence-electron chi connectivity index (χ4n) is 3.79. The zero-order valence-corrected chi connectivity index (χ0v) is 19.5. The third kappa shape index (κ3) is 8.82. The minimum Gasteiger partial charge on any atom is -0.339 e. The molecular weight excluding hydrogens is 458 g/mol. The van der Waals surface area contributed by atoms with Gasteiger partial charge in [0.1, 0.15) is 6.04 Å². The quantitative estimate of drug-likeness (QED) is 0.189. The Morgan fingerprint density at radius 1 is 0.944 bits per heavy atom. The Hall–Kier alpha value is -3.71. The number of hydrogen-bond acceptors (Lipinski definition) is 6. The van der Waals surface area contributed by atoms with Crippen molar-refractivity contribution in [3.63, 3.8) is 0 Å². The molecule has 0 radical (unpaired) electrons. The van der Waals surface area contributed by atoms with Crippen molar-refractivity contribution in [1.29, 1.82) is 0 Å². The Morgan fingerprint density at radius 3 is 2.08 bits per heavy atom. The number of carbonyl (C=O) groups excluding carboxylic acids is 3. The molecule has 0 spiro atoms. The van der Waals surface area contributed by atoms with Crippen molar-refractivity contribution in [2.45, 2.75) is 51.6 Å². The Bertz CT molecular complexity index is 1070. The van der Waals surface area contributed by atoms with E-state index < -0.39 is 17.9 Å². The lowest BCUT2D eigenvalue weighted by Gasteiger charge is -2.22. The summed E-state index contributed by atoms with van der Waals surface area (Å²) in [5.41, 5.74) is 9.44. The Balaban J connectivity index is 0.00000456. The van der Waals surface area contributed by atoms with Gasteiger partial charge in [-0.25, -0.2) is 5.48 Å². The highest BCUT2D eigenvalue weighted by molar-refractivity contribution is 5.97. The molecule has 0 unspecified atom stereocenters. The highest BCUT2D eigenvalue weighted by atomic mass is 16.5. The number of anilines is 1. The van der Waals surface area contributed by atoms with Crippen LogP contribution in [0.15, 0.2) is 48.5 Å². The van der Waals surface area contributed by atoms with Crippen LogP contribution < -0.4 is 27.2 Å². The summed E-state index contributed by atoms with van der Waals surface area (Å²) >= 11 is 0. The van der Waals surface area contributed by atoms with E-state index in [1.807, 2.05) is 24.3 Å². The van der Waals surface area contributed by atoms with Crippen LogP contribution in [0.1, 0.15) is 61.0 Å². The normalized spacial score (nSPS) is 13.8. The average Bonchev–Trinajstić information content (AvgIpc) is 2.90. The van der Waals surface area contributed by atoms with Crippen LogP contribution in [0.3, 0.4) is 0 Å². The number of hydroxylamine groups is 1. The molecular formula is C27H35N5O4. The Morgan fingerprint density at radius 2 is 1.53 bits per heavy atom. The van der Waals surface area contributed by atoms with Gasteiger partial charge in [-0.2, -0.15) is 0 Å². The van der Waals surface area contributed by atoms with E-state index in [4.69, 9.17) is 10.9 Å². The van der Waals surface area contributed by atoms with Crippen molar-refractivity contribution in [3.8, 4) is 11.8 Å². The first-order valence-corrected chi connectivity index (χ1v) is 11.7. The van der Waals surface area contributed by atoms with E-state index >= 15 is 0 Å². The first-order chi connectivity index (χ1) is 17.0. The van der Waals surface area contributed by atoms with Crippen LogP contribution in [0.25, 0.3) is 0 Å². The second-order valence-electron chi connectivity index (χ2n) is 8.41. The van der Waals surface area contributed by atoms with E-state index in [0.717, 1.165) is 18.4 Å². The van der Waals surface area contributed by atoms with Gasteiger partial charge in [-0.1, -0.05) is 38.5 Å². The van der Waals surface area contributed by atoms with Crippen molar-refractivity contribution < 1.29 is 19.6 Å². The van der Waals surface area contributed by atoms with E-state index in [1.165, 1.54) is 24.7 Å². The van der Waals surface area contributed by atoms with Gasteiger partial charge in [0, 0.05) is 35.0 Å². The molecule has 0 heterocycles. The molecule has 36 heavy (non-hydrogen) atoms. The molecule has 1 saturated carbocycles. The maximum atomic E-state index is 12.3. The standard InChI is InChI=1S/C26H31N5O4.CH4/c27-16-23(26(34)31-35)30-25(33)20-12-8-18(9-13-20)6-7-19-10-14-22(15-11-19)29-24(32)17-28-21-4-2-1-3-5-21;/h8-15,21,23,28,35H,1-5,16-17,27H2,(H,29,32)(H,30,33)(H,31,34);1H4/t23-;/m0./s1. The highest BCUT2D eigenvalue weighted by Crippen LogP contribution is 2.17. The van der Waals surface area contributed by atoms with Gasteiger partial charge >= 0.3 is 0 Å². The number of carbonyl (C=O) groups is 3. The highest BCUT2D eigenvalue weighted by Gasteiger charge is 2.19. The summed E-state index contributed by atoms with van der Waals surface area (Å²) in [7, 11) is 0. The first-order valence-electron chi connectivity index (χ1n) is 11.7. The van der Waals surface area contributed by atoms with Crippen molar-refractivity contribution in [2.24, 2.45) is 5.73 Å². The summed E-state index contributed by atoms with van der Waals surface area (Å²) < 4.78 is 0. The maximum absolute atomic E-state index is 12.3. The molecule has 0 saturated heterocycles. The lowest BCUT2D eigenvalue weighted by atomic mass is 9.95. The molecule has 0 bridgehead atoms. The number of rotatable bonds is 8. The van der Waals surface area contributed by atoms with Crippen molar-refractivity contribution >= 4 is 23.4 Å². The summed E-state index contributed by atoms with van der Waals surface area (Å²) in [5.74, 6) is 4.74. The topological polar surface area (TPSA) is 146 Å². The zero-order chi connectivity index (χ0) is 25.0. The van der Waals surface area contributed by atoms with Crippen molar-refractivity contribution in [3.05, 3.63) is 65.2 Å². The van der Waals surface area contributed by atoms with E-state index in [-0.39, 0.29) is 19.9 Å². The molecule has 1 atom stereocenters. The molecule has 1 aliphatic rings. The predicted molar refractivity (Wildman–Crippen MR) is 139 cm³/mol. The fourth-order valence-corrected chi connectivity index (χ4v) is 3.79. The molecule has 2 aromatic rings. The number of amides is 3. The van der Waals surface area contributed by atoms with Crippen molar-refractivity contribution in [1.82, 2.24) is 16.1 Å². The van der Waals surface area contributed by atoms with Crippen LogP contribution in [0.5, 0.6) is 0 Å². The van der Waals surface area contributed by atoms with Gasteiger partial charge in [0.05, 0.1) is 6.54 Å². The molecule has 0 aliphatic heterocycles. The van der Waals surface area contributed by atoms with Crippen LogP contribution in [0.4, 0.5) is 5.69 Å². The average molecular weight is 494 g/mol. The summed E-state index contributed by atoms with van der Waals surface area (Å²) in [6, 6.07) is 13.3. The summed E-state index contributed by atoms with van der Waals surface area (Å²) in [4.78, 5) is 35.9. The Labute approximate surface area is 212 Å². The molecule has 3 amide bonds. The number of nitrogens with one attached hydrogen (secondary N) is 4. The maximum Gasteiger partial charge on any atom is 0.267 e. The number of nitrogens with two attached hydrogens (primary N) is 1. The van der Waals surface area contributed by atoms with E-state index in [0.29, 0.717) is 29.4 Å². The fraction of sp³-hybridized carbons (Fsp3) is 0.370. The SMILES string of the molecule is C.NC[C@H](NC(=O)c1ccc(C#Cc2ccc(NC(=O)CNC3CCCCC3)cc2)cc1)C(=O)NO. The van der Waals surface area contributed by atoms with Gasteiger partial charge < -0.3 is 21.7 Å². The van der Waals surface area contributed by atoms with E-state index in [9.17, 15) is 14.4 Å². The van der Waals surface area contributed by atoms with Crippen LogP contribution in [0.2, 0.25) is 0 Å². The lowest BCUT2D eigenvalue weighted by molar-refractivity contribution is -0.130. The molecule has 7 N–H and O–H groups in total. The third-order valence-corrected chi connectivity index (χ3v) is 5.79. The van der Waals surface area contributed by atoms with Crippen LogP contribution in [-0.2, 0) is 9.59 Å². The van der Waals surface area contributed by atoms with Gasteiger partial charge in [0.25, 0.3) is 11.8 Å². The molecule has 9 heteroatoms. The van der Waals surface area contributed by atoms with Gasteiger partial charge in [0.15, 0.2) is 0 Å². The minimum atomic E-state index is -1.03. The smallest absolute Gasteiger partial charge is 0.267 e. The summed E-state index contributed by atoms with van der Waals surface area (Å²) in [5, 5.41) is 17.4. The molecule has 9 nitrogen and oxygen atoms in total. The van der Waals surface area contributed by atoms with Crippen LogP contribution in [-0.4, -0.2) is 48.1 Å². The molecule has 1 aliphatic carbocycles. The second-order valence-corrected chi connectivity index (χ2v) is 8.41. The van der Waals surface area contributed by atoms with E-state index in [1.54, 1.807) is 24.3 Å². The lowest BCUT2D eigenvalue weighted by Crippen LogP contribution is -2.50. The third-order valence-electron chi connectivity index (χ3n) is 5.79. The van der Waals surface area contributed by atoms with E-state index in [2.05, 4.69) is 27.8 Å². The predicted octanol–water partition coefficient (Wildman–Crippen LogP) is 2.15. The van der Waals surface area contributed by atoms with Crippen molar-refractivity contribution in [2.75, 3.05) is 18.4 Å². The van der Waals surface area contributed by atoms with Gasteiger partial charge in [-0.15, -0.1) is 0 Å². The van der Waals surface area contributed by atoms with Gasteiger partial charge in [-0.05, 0) is 61.4 Å². The largest absolute Gasteiger partial charge is 0.339 e. The monoisotopic (exact) mass is 493 g/mol. The second kappa shape index (κ2) is 14.6. The molecule has 2 aromatic carbocycles. The molecule has 192 valence electrons. The Kier molecular flexibility index (Phi) is 11.6. The summed E-state index contributed by atoms with van der Waals surface area (Å²) in [6.07, 6.45) is 6.00. The first kappa shape index (κ1) is 28.5. The molecule has 0 aromatic heterocycles. The van der Waals surface area contributed by atoms with Crippen LogP contribution >= 0.6 is 0 Å². The molecule has 3 rings (SSSR count). The molecule has 1 fully saturated rings. The number of benzene rings is 2. The zero-order valence-electron chi connectivity index (χ0n) is 19.5. The minimum absolute atomic E-state index is 0.